The Morgan fingerprint density at radius 3 is 2.67 bits per heavy atom. The zero-order chi connectivity index (χ0) is 19.0. The summed E-state index contributed by atoms with van der Waals surface area (Å²) in [6.45, 7) is 6.56. The van der Waals surface area contributed by atoms with Crippen LogP contribution in [-0.4, -0.2) is 59.6 Å². The van der Waals surface area contributed by atoms with Crippen molar-refractivity contribution < 1.29 is 14.3 Å². The molecule has 1 aromatic heterocycles. The molecule has 1 aromatic carbocycles. The number of para-hydroxylation sites is 1. The third-order valence-electron chi connectivity index (χ3n) is 5.79. The molecule has 2 aliphatic rings. The van der Waals surface area contributed by atoms with Gasteiger partial charge in [-0.1, -0.05) is 19.1 Å². The zero-order valence-electron chi connectivity index (χ0n) is 16.1. The van der Waals surface area contributed by atoms with Gasteiger partial charge in [-0.15, -0.1) is 0 Å². The van der Waals surface area contributed by atoms with E-state index in [1.54, 1.807) is 11.8 Å². The molecule has 2 aromatic rings. The molecule has 4 rings (SSSR count). The molecular formula is C21H27N3O3. The Kier molecular flexibility index (Phi) is 4.81. The van der Waals surface area contributed by atoms with Crippen LogP contribution in [0.2, 0.25) is 0 Å². The summed E-state index contributed by atoms with van der Waals surface area (Å²) in [5.41, 5.74) is 4.37. The fraction of sp³-hybridized carbons (Fsp3) is 0.524. The number of nitrogens with zero attached hydrogens (tertiary/aromatic N) is 2. The third kappa shape index (κ3) is 3.29. The molecule has 0 spiro atoms. The molecule has 2 amide bonds. The van der Waals surface area contributed by atoms with Crippen LogP contribution in [0.15, 0.2) is 18.2 Å². The average Bonchev–Trinajstić information content (AvgIpc) is 3.05. The minimum Gasteiger partial charge on any atom is -0.450 e. The van der Waals surface area contributed by atoms with Crippen LogP contribution in [0.4, 0.5) is 4.79 Å². The van der Waals surface area contributed by atoms with Crippen molar-refractivity contribution in [2.75, 3.05) is 32.8 Å². The van der Waals surface area contributed by atoms with Crippen LogP contribution < -0.4 is 0 Å². The molecule has 2 heterocycles. The number of aromatic amines is 1. The summed E-state index contributed by atoms with van der Waals surface area (Å²) in [6.07, 6.45) is 3.03. The second-order valence-electron chi connectivity index (χ2n) is 7.64. The number of benzene rings is 1. The normalized spacial score (nSPS) is 19.9. The van der Waals surface area contributed by atoms with E-state index in [1.165, 1.54) is 23.1 Å². The van der Waals surface area contributed by atoms with Crippen molar-refractivity contribution in [3.63, 3.8) is 0 Å². The quantitative estimate of drug-likeness (QED) is 0.884. The molecule has 0 bridgehead atoms. The van der Waals surface area contributed by atoms with Crippen molar-refractivity contribution in [2.45, 2.75) is 33.1 Å². The van der Waals surface area contributed by atoms with Gasteiger partial charge in [-0.25, -0.2) is 4.79 Å². The maximum Gasteiger partial charge on any atom is 0.409 e. The summed E-state index contributed by atoms with van der Waals surface area (Å²) >= 11 is 0. The van der Waals surface area contributed by atoms with Gasteiger partial charge in [0.05, 0.1) is 17.7 Å². The molecule has 1 aliphatic heterocycles. The number of rotatable bonds is 2. The van der Waals surface area contributed by atoms with E-state index in [9.17, 15) is 9.59 Å². The lowest BCUT2D eigenvalue weighted by Crippen LogP contribution is -2.50. The third-order valence-corrected chi connectivity index (χ3v) is 5.79. The zero-order valence-corrected chi connectivity index (χ0v) is 16.1. The average molecular weight is 369 g/mol. The van der Waals surface area contributed by atoms with E-state index in [2.05, 4.69) is 18.0 Å². The molecule has 1 atom stereocenters. The molecule has 27 heavy (non-hydrogen) atoms. The number of carbonyl (C=O) groups excluding carboxylic acids is 2. The van der Waals surface area contributed by atoms with Crippen molar-refractivity contribution in [2.24, 2.45) is 5.92 Å². The van der Waals surface area contributed by atoms with Gasteiger partial charge in [-0.05, 0) is 43.7 Å². The lowest BCUT2D eigenvalue weighted by atomic mass is 9.87. The molecule has 0 unspecified atom stereocenters. The highest BCUT2D eigenvalue weighted by Crippen LogP contribution is 2.33. The Labute approximate surface area is 159 Å². The monoisotopic (exact) mass is 369 g/mol. The minimum absolute atomic E-state index is 0.0377. The number of hydrogen-bond donors (Lipinski definition) is 1. The predicted octanol–water partition coefficient (Wildman–Crippen LogP) is 3.21. The molecule has 144 valence electrons. The molecule has 1 saturated heterocycles. The number of nitrogens with one attached hydrogen (secondary N) is 1. The van der Waals surface area contributed by atoms with E-state index in [1.807, 2.05) is 17.0 Å². The van der Waals surface area contributed by atoms with E-state index in [4.69, 9.17) is 4.74 Å². The number of aromatic nitrogens is 1. The second kappa shape index (κ2) is 7.25. The molecule has 1 N–H and O–H groups in total. The van der Waals surface area contributed by atoms with Gasteiger partial charge in [-0.3, -0.25) is 4.79 Å². The Hall–Kier alpha value is -2.50. The first-order valence-corrected chi connectivity index (χ1v) is 9.92. The first-order chi connectivity index (χ1) is 13.1. The topological polar surface area (TPSA) is 65.6 Å². The van der Waals surface area contributed by atoms with Crippen molar-refractivity contribution in [1.29, 1.82) is 0 Å². The number of carbonyl (C=O) groups is 2. The number of ether oxygens (including phenoxy) is 1. The Morgan fingerprint density at radius 1 is 1.19 bits per heavy atom. The van der Waals surface area contributed by atoms with Crippen LogP contribution in [-0.2, 0) is 17.6 Å². The number of piperazine rings is 1. The van der Waals surface area contributed by atoms with Crippen LogP contribution in [0.1, 0.15) is 41.9 Å². The lowest BCUT2D eigenvalue weighted by Gasteiger charge is -2.34. The van der Waals surface area contributed by atoms with Crippen molar-refractivity contribution >= 4 is 22.9 Å². The second-order valence-corrected chi connectivity index (χ2v) is 7.64. The molecule has 1 fully saturated rings. The van der Waals surface area contributed by atoms with Gasteiger partial charge in [0, 0.05) is 37.3 Å². The fourth-order valence-electron chi connectivity index (χ4n) is 4.27. The standard InChI is InChI=1S/C21H27N3O3/c1-3-27-21(26)24-11-9-23(10-12-24)20(25)16-6-4-5-15-17-13-14(2)7-8-18(17)22-19(15)16/h4-6,14,22H,3,7-13H2,1-2H3/t14-/m0/s1. The first-order valence-electron chi connectivity index (χ1n) is 9.92. The highest BCUT2D eigenvalue weighted by atomic mass is 16.6. The maximum absolute atomic E-state index is 13.2. The summed E-state index contributed by atoms with van der Waals surface area (Å²) in [7, 11) is 0. The van der Waals surface area contributed by atoms with Gasteiger partial charge >= 0.3 is 6.09 Å². The largest absolute Gasteiger partial charge is 0.450 e. The highest BCUT2D eigenvalue weighted by molar-refractivity contribution is 6.07. The van der Waals surface area contributed by atoms with Crippen LogP contribution in [0.5, 0.6) is 0 Å². The lowest BCUT2D eigenvalue weighted by molar-refractivity contribution is 0.0572. The number of fused-ring (bicyclic) bond motifs is 3. The number of aryl methyl sites for hydroxylation is 1. The Morgan fingerprint density at radius 2 is 1.93 bits per heavy atom. The van der Waals surface area contributed by atoms with Gasteiger partial charge in [-0.2, -0.15) is 0 Å². The fourth-order valence-corrected chi connectivity index (χ4v) is 4.27. The SMILES string of the molecule is CCOC(=O)N1CCN(C(=O)c2cccc3c4c([nH]c23)CC[C@H](C)C4)CC1. The molecular weight excluding hydrogens is 342 g/mol. The minimum atomic E-state index is -0.294. The van der Waals surface area contributed by atoms with Crippen molar-refractivity contribution in [3.8, 4) is 0 Å². The van der Waals surface area contributed by atoms with E-state index in [0.29, 0.717) is 38.7 Å². The molecule has 0 saturated carbocycles. The van der Waals surface area contributed by atoms with Crippen molar-refractivity contribution in [1.82, 2.24) is 14.8 Å². The van der Waals surface area contributed by atoms with Crippen LogP contribution in [0, 0.1) is 5.92 Å². The molecule has 6 heteroatoms. The van der Waals surface area contributed by atoms with E-state index in [-0.39, 0.29) is 12.0 Å². The van der Waals surface area contributed by atoms with Gasteiger partial charge in [0.15, 0.2) is 0 Å². The molecule has 1 aliphatic carbocycles. The summed E-state index contributed by atoms with van der Waals surface area (Å²) in [5, 5.41) is 1.19. The summed E-state index contributed by atoms with van der Waals surface area (Å²) in [4.78, 5) is 32.1. The summed E-state index contributed by atoms with van der Waals surface area (Å²) < 4.78 is 5.05. The van der Waals surface area contributed by atoms with Crippen LogP contribution >= 0.6 is 0 Å². The smallest absolute Gasteiger partial charge is 0.409 e. The van der Waals surface area contributed by atoms with Gasteiger partial charge < -0.3 is 19.5 Å². The van der Waals surface area contributed by atoms with E-state index in [0.717, 1.165) is 23.9 Å². The molecule has 0 radical (unpaired) electrons. The summed E-state index contributed by atoms with van der Waals surface area (Å²) in [5.74, 6) is 0.725. The summed E-state index contributed by atoms with van der Waals surface area (Å²) in [6, 6.07) is 6.02. The predicted molar refractivity (Wildman–Crippen MR) is 104 cm³/mol. The van der Waals surface area contributed by atoms with Gasteiger partial charge in [0.1, 0.15) is 0 Å². The maximum atomic E-state index is 13.2. The van der Waals surface area contributed by atoms with Gasteiger partial charge in [0.25, 0.3) is 5.91 Å². The van der Waals surface area contributed by atoms with Crippen LogP contribution in [0.25, 0.3) is 10.9 Å². The number of amides is 2. The van der Waals surface area contributed by atoms with Crippen LogP contribution in [0.3, 0.4) is 0 Å². The Balaban J connectivity index is 1.55. The number of hydrogen-bond acceptors (Lipinski definition) is 3. The van der Waals surface area contributed by atoms with Crippen molar-refractivity contribution in [3.05, 3.63) is 35.0 Å². The highest BCUT2D eigenvalue weighted by Gasteiger charge is 2.28. The van der Waals surface area contributed by atoms with Gasteiger partial charge in [0.2, 0.25) is 0 Å². The Bertz CT molecular complexity index is 865. The van der Waals surface area contributed by atoms with E-state index < -0.39 is 0 Å². The van der Waals surface area contributed by atoms with E-state index >= 15 is 0 Å². The first kappa shape index (κ1) is 17.9. The molecule has 6 nitrogen and oxygen atoms in total. The number of H-pyrrole nitrogens is 1.